The van der Waals surface area contributed by atoms with Crippen LogP contribution in [-0.2, 0) is 0 Å². The molecule has 0 rings (SSSR count). The molecular weight excluding hydrogens is 271 g/mol. The summed E-state index contributed by atoms with van der Waals surface area (Å²) in [7, 11) is 0. The number of alkyl halides is 5. The Morgan fingerprint density at radius 3 is 1.20 bits per heavy atom. The van der Waals surface area contributed by atoms with Gasteiger partial charge in [-0.2, -0.15) is 0 Å². The Hall–Kier alpha value is 0.440. The van der Waals surface area contributed by atoms with E-state index in [4.69, 9.17) is 0 Å². The quantitative estimate of drug-likeness (QED) is 0.510. The first-order valence-corrected chi connectivity index (χ1v) is 8.04. The van der Waals surface area contributed by atoms with Gasteiger partial charge in [-0.1, -0.05) is 0 Å². The van der Waals surface area contributed by atoms with Crippen molar-refractivity contribution in [1.82, 2.24) is 0 Å². The van der Waals surface area contributed by atoms with Gasteiger partial charge in [0, 0.05) is 0 Å². The average Bonchev–Trinajstić information content (AvgIpc) is 1.62. The van der Waals surface area contributed by atoms with Crippen LogP contribution in [0.2, 0.25) is 9.94 Å². The Morgan fingerprint density at radius 2 is 1.20 bits per heavy atom. The summed E-state index contributed by atoms with van der Waals surface area (Å²) in [6.07, 6.45) is -5.34. The van der Waals surface area contributed by atoms with Crippen molar-refractivity contribution in [2.75, 3.05) is 0 Å². The van der Waals surface area contributed by atoms with E-state index in [-0.39, 0.29) is 0 Å². The molecule has 0 heterocycles. The van der Waals surface area contributed by atoms with Gasteiger partial charge in [0.05, 0.1) is 0 Å². The molecule has 0 spiro atoms. The van der Waals surface area contributed by atoms with E-state index in [1.165, 1.54) is 0 Å². The van der Waals surface area contributed by atoms with E-state index in [0.717, 1.165) is 9.94 Å². The Kier molecular flexibility index (Phi) is 2.94. The number of halogens is 5. The second kappa shape index (κ2) is 2.82. The molecule has 0 aliphatic heterocycles. The fourth-order valence-electron chi connectivity index (χ4n) is 0.231. The molecular formula is C4H6F5Te+. The maximum atomic E-state index is 12.0. The van der Waals surface area contributed by atoms with Crippen molar-refractivity contribution in [1.29, 1.82) is 0 Å². The van der Waals surface area contributed by atoms with E-state index in [1.54, 1.807) is 0 Å². The maximum absolute atomic E-state index is 12.0. The molecule has 0 aromatic heterocycles. The molecule has 0 N–H and O–H groups in total. The summed E-state index contributed by atoms with van der Waals surface area (Å²) < 4.78 is 53.7. The zero-order chi connectivity index (χ0) is 8.58. The average molecular weight is 277 g/mol. The van der Waals surface area contributed by atoms with Crippen LogP contribution in [0.15, 0.2) is 0 Å². The first-order chi connectivity index (χ1) is 4.19. The third-order valence-corrected chi connectivity index (χ3v) is 4.43. The molecule has 0 aromatic rings. The molecule has 6 heteroatoms. The fraction of sp³-hybridized carbons (Fsp3) is 1.00. The number of hydrogen-bond acceptors (Lipinski definition) is 0. The number of hydrogen-bond donors (Lipinski definition) is 0. The molecule has 0 radical (unpaired) electrons. The van der Waals surface area contributed by atoms with E-state index in [2.05, 4.69) is 0 Å². The van der Waals surface area contributed by atoms with Crippen molar-refractivity contribution in [2.24, 2.45) is 0 Å². The Bertz CT molecular complexity index is 115. The predicted octanol–water partition coefficient (Wildman–Crippen LogP) is 2.48. The van der Waals surface area contributed by atoms with E-state index < -0.39 is 29.7 Å². The third-order valence-electron chi connectivity index (χ3n) is 0.843. The van der Waals surface area contributed by atoms with Gasteiger partial charge < -0.3 is 0 Å². The van der Waals surface area contributed by atoms with Crippen LogP contribution >= 0.6 is 0 Å². The first-order valence-electron chi connectivity index (χ1n) is 2.22. The van der Waals surface area contributed by atoms with E-state index in [1.807, 2.05) is 0 Å². The minimum absolute atomic E-state index is 0.997. The van der Waals surface area contributed by atoms with Crippen LogP contribution in [0.1, 0.15) is 0 Å². The fourth-order valence-corrected chi connectivity index (χ4v) is 1.55. The standard InChI is InChI=1S/C4H6F5Te/c1-10(2)4(8,9)3(5,6)7/h1-2H3/q+1. The molecule has 0 atom stereocenters. The molecule has 0 nitrogen and oxygen atoms in total. The van der Waals surface area contributed by atoms with E-state index >= 15 is 0 Å². The van der Waals surface area contributed by atoms with Crippen LogP contribution in [0, 0.1) is 0 Å². The summed E-state index contributed by atoms with van der Waals surface area (Å²) in [5, 5.41) is 0. The van der Waals surface area contributed by atoms with Gasteiger partial charge in [0.15, 0.2) is 0 Å². The second-order valence-corrected chi connectivity index (χ2v) is 7.96. The summed E-state index contributed by atoms with van der Waals surface area (Å²) in [5.41, 5.74) is 0. The normalized spacial score (nSPS) is 14.4. The van der Waals surface area contributed by atoms with Gasteiger partial charge in [-0.05, 0) is 0 Å². The molecule has 0 unspecified atom stereocenters. The van der Waals surface area contributed by atoms with E-state index in [0.29, 0.717) is 0 Å². The summed E-state index contributed by atoms with van der Waals surface area (Å²) >= 11 is -3.25. The molecule has 0 aromatic carbocycles. The molecule has 0 bridgehead atoms. The zero-order valence-corrected chi connectivity index (χ0v) is 7.63. The molecule has 0 fully saturated rings. The van der Waals surface area contributed by atoms with Gasteiger partial charge >= 0.3 is 61.6 Å². The predicted molar refractivity (Wildman–Crippen MR) is 28.5 cm³/mol. The summed E-state index contributed by atoms with van der Waals surface area (Å²) in [4.78, 5) is 1.99. The topological polar surface area (TPSA) is 0 Å². The Morgan fingerprint density at radius 1 is 0.900 bits per heavy atom. The molecule has 62 valence electrons. The molecule has 0 saturated carbocycles. The van der Waals surface area contributed by atoms with Gasteiger partial charge in [-0.3, -0.25) is 0 Å². The number of rotatable bonds is 1. The molecule has 0 aliphatic carbocycles. The first kappa shape index (κ1) is 10.4. The monoisotopic (exact) mass is 279 g/mol. The van der Waals surface area contributed by atoms with Crippen LogP contribution in [-0.4, -0.2) is 29.7 Å². The second-order valence-electron chi connectivity index (χ2n) is 1.83. The minimum atomic E-state index is -5.34. The van der Waals surface area contributed by atoms with Crippen molar-refractivity contribution in [3.63, 3.8) is 0 Å². The van der Waals surface area contributed by atoms with Gasteiger partial charge in [-0.15, -0.1) is 0 Å². The van der Waals surface area contributed by atoms with Crippen LogP contribution in [0.3, 0.4) is 0 Å². The van der Waals surface area contributed by atoms with Crippen LogP contribution in [0.25, 0.3) is 0 Å². The zero-order valence-electron chi connectivity index (χ0n) is 5.30. The van der Waals surface area contributed by atoms with Gasteiger partial charge in [-0.25, -0.2) is 0 Å². The van der Waals surface area contributed by atoms with Crippen LogP contribution < -0.4 is 0 Å². The SMILES string of the molecule is C[Te+](C)C(F)(F)C(F)(F)F. The third kappa shape index (κ3) is 1.96. The van der Waals surface area contributed by atoms with Crippen molar-refractivity contribution in [3.05, 3.63) is 0 Å². The van der Waals surface area contributed by atoms with E-state index in [9.17, 15) is 22.0 Å². The van der Waals surface area contributed by atoms with Gasteiger partial charge in [0.2, 0.25) is 0 Å². The summed E-state index contributed by atoms with van der Waals surface area (Å²) in [5.74, 6) is 0. The Labute approximate surface area is 62.0 Å². The van der Waals surface area contributed by atoms with Crippen molar-refractivity contribution in [3.8, 4) is 0 Å². The molecule has 0 aliphatic rings. The van der Waals surface area contributed by atoms with Crippen LogP contribution in [0.4, 0.5) is 22.0 Å². The van der Waals surface area contributed by atoms with Crippen molar-refractivity contribution in [2.45, 2.75) is 20.1 Å². The summed E-state index contributed by atoms with van der Waals surface area (Å²) in [6, 6.07) is 0. The van der Waals surface area contributed by atoms with Gasteiger partial charge in [0.25, 0.3) is 0 Å². The Balaban J connectivity index is 4.40. The summed E-state index contributed by atoms with van der Waals surface area (Å²) in [6.45, 7) is 0. The van der Waals surface area contributed by atoms with Crippen molar-refractivity contribution >= 4 is 19.6 Å². The van der Waals surface area contributed by atoms with Crippen molar-refractivity contribution < 1.29 is 22.0 Å². The van der Waals surface area contributed by atoms with Gasteiger partial charge in [0.1, 0.15) is 0 Å². The molecule has 10 heavy (non-hydrogen) atoms. The van der Waals surface area contributed by atoms with Crippen LogP contribution in [0.5, 0.6) is 0 Å². The molecule has 0 saturated heterocycles. The molecule has 0 amide bonds.